The fourth-order valence-electron chi connectivity index (χ4n) is 4.02. The van der Waals surface area contributed by atoms with Gasteiger partial charge in [0.2, 0.25) is 11.1 Å². The van der Waals surface area contributed by atoms with E-state index in [1.54, 1.807) is 20.7 Å². The van der Waals surface area contributed by atoms with Crippen LogP contribution >= 0.6 is 44.7 Å². The monoisotopic (exact) mass is 496 g/mol. The predicted molar refractivity (Wildman–Crippen MR) is 136 cm³/mol. The van der Waals surface area contributed by atoms with E-state index in [0.29, 0.717) is 11.0 Å². The topological polar surface area (TPSA) is 61.9 Å². The number of hydrogen-bond donors (Lipinski definition) is 1. The summed E-state index contributed by atoms with van der Waals surface area (Å²) in [6, 6.07) is 16.0. The van der Waals surface area contributed by atoms with E-state index in [2.05, 4.69) is 42.0 Å². The Morgan fingerprint density at radius 2 is 1.97 bits per heavy atom. The van der Waals surface area contributed by atoms with E-state index in [9.17, 15) is 4.79 Å². The molecule has 0 unspecified atom stereocenters. The molecule has 5 rings (SSSR count). The predicted octanol–water partition coefficient (Wildman–Crippen LogP) is 6.67. The third-order valence-electron chi connectivity index (χ3n) is 5.50. The van der Waals surface area contributed by atoms with Crippen LogP contribution in [-0.4, -0.2) is 26.8 Å². The van der Waals surface area contributed by atoms with E-state index in [1.165, 1.54) is 11.8 Å². The highest BCUT2D eigenvalue weighted by Gasteiger charge is 2.42. The number of amides is 1. The van der Waals surface area contributed by atoms with Crippen molar-refractivity contribution in [3.8, 4) is 22.5 Å². The summed E-state index contributed by atoms with van der Waals surface area (Å²) in [6.45, 7) is 6.25. The molecule has 162 valence electrons. The molecule has 0 atom stereocenters. The first kappa shape index (κ1) is 21.5. The number of aromatic amines is 1. The Bertz CT molecular complexity index is 1370. The number of aromatic nitrogens is 3. The molecule has 1 amide bonds. The minimum absolute atomic E-state index is 0.0196. The molecule has 3 heterocycles. The number of H-pyrrole nitrogens is 1. The summed E-state index contributed by atoms with van der Waals surface area (Å²) in [5, 5.41) is 7.81. The van der Waals surface area contributed by atoms with Crippen molar-refractivity contribution in [2.45, 2.75) is 31.5 Å². The molecule has 9 heteroatoms. The van der Waals surface area contributed by atoms with Gasteiger partial charge in [-0.2, -0.15) is 0 Å². The van der Waals surface area contributed by atoms with Gasteiger partial charge in [0, 0.05) is 16.7 Å². The number of benzene rings is 2. The van der Waals surface area contributed by atoms with Gasteiger partial charge < -0.3 is 4.90 Å². The summed E-state index contributed by atoms with van der Waals surface area (Å²) in [5.74, 6) is 0.960. The van der Waals surface area contributed by atoms with Crippen LogP contribution in [-0.2, 0) is 10.3 Å². The zero-order valence-electron chi connectivity index (χ0n) is 17.7. The van der Waals surface area contributed by atoms with Crippen LogP contribution in [0.5, 0.6) is 0 Å². The van der Waals surface area contributed by atoms with E-state index >= 15 is 0 Å². The Morgan fingerprint density at radius 3 is 2.75 bits per heavy atom. The summed E-state index contributed by atoms with van der Waals surface area (Å²) in [7, 11) is 3.28. The number of carbonyl (C=O) groups is 1. The number of nitrogens with zero attached hydrogens (tertiary/aromatic N) is 3. The molecule has 32 heavy (non-hydrogen) atoms. The highest BCUT2D eigenvalue weighted by atomic mass is 32.9. The zero-order valence-corrected chi connectivity index (χ0v) is 21.0. The second-order valence-corrected chi connectivity index (χ2v) is 11.8. The third-order valence-corrected chi connectivity index (χ3v) is 9.66. The van der Waals surface area contributed by atoms with Crippen LogP contribution in [0.3, 0.4) is 0 Å². The number of thioether (sulfide) groups is 1. The Kier molecular flexibility index (Phi) is 5.53. The lowest BCUT2D eigenvalue weighted by atomic mass is 9.87. The largest absolute Gasteiger partial charge is 0.301 e. The smallest absolute Gasteiger partial charge is 0.238 e. The average molecular weight is 497 g/mol. The molecule has 4 aromatic rings. The number of carbonyl (C=O) groups excluding carboxylic acids is 1. The van der Waals surface area contributed by atoms with Gasteiger partial charge in [-0.25, -0.2) is 4.98 Å². The molecular weight excluding hydrogens is 477 g/mol. The summed E-state index contributed by atoms with van der Waals surface area (Å²) in [5.41, 5.74) is 4.69. The first-order chi connectivity index (χ1) is 15.4. The van der Waals surface area contributed by atoms with Crippen molar-refractivity contribution in [1.29, 1.82) is 0 Å². The number of hydrogen-bond acceptors (Lipinski definition) is 7. The molecule has 0 radical (unpaired) electrons. The van der Waals surface area contributed by atoms with Gasteiger partial charge in [-0.3, -0.25) is 9.89 Å². The summed E-state index contributed by atoms with van der Waals surface area (Å²) in [6.07, 6.45) is 0. The molecule has 0 fully saturated rings. The summed E-state index contributed by atoms with van der Waals surface area (Å²) in [4.78, 5) is 21.2. The van der Waals surface area contributed by atoms with Gasteiger partial charge in [-0.15, -0.1) is 5.10 Å². The number of aryl methyl sites for hydroxylation is 1. The number of anilines is 1. The maximum absolute atomic E-state index is 13.5. The molecule has 0 aliphatic carbocycles. The molecular formula is C23H20N4OS4. The lowest BCUT2D eigenvalue weighted by Crippen LogP contribution is -2.48. The highest BCUT2D eigenvalue weighted by molar-refractivity contribution is 7.99. The van der Waals surface area contributed by atoms with Crippen molar-refractivity contribution in [1.82, 2.24) is 15.2 Å². The quantitative estimate of drug-likeness (QED) is 0.194. The fraction of sp³-hybridized carbons (Fsp3) is 0.217. The van der Waals surface area contributed by atoms with Gasteiger partial charge in [0.15, 0.2) is 5.82 Å². The van der Waals surface area contributed by atoms with Crippen molar-refractivity contribution in [2.75, 3.05) is 10.7 Å². The van der Waals surface area contributed by atoms with Crippen molar-refractivity contribution < 1.29 is 4.79 Å². The third kappa shape index (κ3) is 3.63. The summed E-state index contributed by atoms with van der Waals surface area (Å²) < 4.78 is 0.889. The maximum Gasteiger partial charge on any atom is 0.238 e. The summed E-state index contributed by atoms with van der Waals surface area (Å²) >= 11 is 7.00. The maximum atomic E-state index is 13.5. The molecule has 0 bridgehead atoms. The molecule has 2 aromatic carbocycles. The molecule has 5 nitrogen and oxygen atoms in total. The normalized spacial score (nSPS) is 14.2. The van der Waals surface area contributed by atoms with Crippen LogP contribution in [0.15, 0.2) is 53.7 Å². The second-order valence-electron chi connectivity index (χ2n) is 8.09. The van der Waals surface area contributed by atoms with Gasteiger partial charge in [0.1, 0.15) is 3.82 Å². The molecule has 0 spiro atoms. The lowest BCUT2D eigenvalue weighted by molar-refractivity contribution is -0.117. The van der Waals surface area contributed by atoms with Gasteiger partial charge in [0.05, 0.1) is 21.9 Å². The Hall–Kier alpha value is -2.33. The fourth-order valence-corrected chi connectivity index (χ4v) is 7.95. The molecule has 0 saturated carbocycles. The van der Waals surface area contributed by atoms with Crippen molar-refractivity contribution >= 4 is 56.3 Å². The van der Waals surface area contributed by atoms with Gasteiger partial charge in [-0.05, 0) is 32.9 Å². The van der Waals surface area contributed by atoms with E-state index < -0.39 is 5.54 Å². The highest BCUT2D eigenvalue weighted by Crippen LogP contribution is 2.52. The van der Waals surface area contributed by atoms with Gasteiger partial charge >= 0.3 is 0 Å². The molecule has 2 aromatic heterocycles. The van der Waals surface area contributed by atoms with E-state index in [-0.39, 0.29) is 11.7 Å². The van der Waals surface area contributed by atoms with Crippen LogP contribution in [0.25, 0.3) is 22.5 Å². The van der Waals surface area contributed by atoms with E-state index in [0.717, 1.165) is 36.6 Å². The van der Waals surface area contributed by atoms with Crippen LogP contribution in [0, 0.1) is 10.7 Å². The molecule has 1 aliphatic heterocycles. The first-order valence-electron chi connectivity index (χ1n) is 10.0. The lowest BCUT2D eigenvalue weighted by Gasteiger charge is -2.43. The van der Waals surface area contributed by atoms with Gasteiger partial charge in [-0.1, -0.05) is 86.6 Å². The van der Waals surface area contributed by atoms with E-state index in [4.69, 9.17) is 12.2 Å². The molecule has 0 saturated heterocycles. The second kappa shape index (κ2) is 8.22. The first-order valence-corrected chi connectivity index (χ1v) is 13.6. The Balaban J connectivity index is 1.44. The minimum atomic E-state index is -0.484. The average Bonchev–Trinajstić information content (AvgIpc) is 3.41. The van der Waals surface area contributed by atoms with Crippen molar-refractivity contribution in [3.63, 3.8) is 0 Å². The van der Waals surface area contributed by atoms with Crippen LogP contribution in [0.1, 0.15) is 24.3 Å². The van der Waals surface area contributed by atoms with E-state index in [1.807, 2.05) is 47.4 Å². The van der Waals surface area contributed by atoms with Crippen molar-refractivity contribution in [3.05, 3.63) is 62.8 Å². The Morgan fingerprint density at radius 1 is 1.19 bits per heavy atom. The molecule has 1 N–H and O–H groups in total. The Labute approximate surface area is 202 Å². The van der Waals surface area contributed by atoms with Crippen LogP contribution in [0.2, 0.25) is 0 Å². The molecule has 1 aliphatic rings. The van der Waals surface area contributed by atoms with Crippen LogP contribution in [0.4, 0.5) is 5.69 Å². The van der Waals surface area contributed by atoms with Crippen molar-refractivity contribution in [2.24, 2.45) is 0 Å². The van der Waals surface area contributed by atoms with Crippen LogP contribution < -0.4 is 4.90 Å². The van der Waals surface area contributed by atoms with Gasteiger partial charge in [0.25, 0.3) is 0 Å². The standard InChI is InChI=1S/C23H20N4OS4/c1-13-9-10-16-15(11-13)18-19(31-32-21(18)29)23(2,3)27(16)17(28)12-30-22-24-20(25-26-22)14-7-5-4-6-8-14/h4-11H,12H2,1-3H3,(H,24,25,26). The number of nitrogens with one attached hydrogen (secondary N) is 1. The SMILES string of the molecule is Cc1ccc2c(c1)-c1c(ssc1=S)C(C)(C)N2C(=O)CSc1n[nH]c(-c2ccccc2)n1. The number of fused-ring (bicyclic) bond motifs is 3. The number of rotatable bonds is 4. The zero-order chi connectivity index (χ0) is 22.5. The minimum Gasteiger partial charge on any atom is -0.301 e.